The second kappa shape index (κ2) is 8.12. The summed E-state index contributed by atoms with van der Waals surface area (Å²) in [6.45, 7) is 8.13. The van der Waals surface area contributed by atoms with Crippen molar-refractivity contribution in [3.05, 3.63) is 45.8 Å². The average Bonchev–Trinajstić information content (AvgIpc) is 3.06. The zero-order valence-electron chi connectivity index (χ0n) is 15.8. The van der Waals surface area contributed by atoms with Crippen molar-refractivity contribution in [1.82, 2.24) is 14.8 Å². The zero-order chi connectivity index (χ0) is 19.6. The van der Waals surface area contributed by atoms with Crippen LogP contribution in [-0.2, 0) is 9.53 Å². The maximum absolute atomic E-state index is 12.9. The third-order valence-electron chi connectivity index (χ3n) is 4.09. The molecule has 7 nitrogen and oxygen atoms in total. The fourth-order valence-electron chi connectivity index (χ4n) is 3.00. The van der Waals surface area contributed by atoms with E-state index in [0.717, 1.165) is 16.5 Å². The Balaban J connectivity index is 2.15. The number of ether oxygens (including phenoxy) is 2. The first-order valence-electron chi connectivity index (χ1n) is 8.92. The standard InChI is InChI=1S/C19H23BrN4O3/c1-5-8-26-15-7-6-13(20)9-14(15)17-16(18(25)27-11(2)3)12(4)23-19-21-10-22-24(17)19/h6-7,9-11,17H,5,8H2,1-4H3,(H,21,22,23)/t17-/m1/s1. The SMILES string of the molecule is CCCOc1ccc(Br)cc1[C@@H]1C(C(=O)OC(C)C)=C(C)Nc2ncnn21. The van der Waals surface area contributed by atoms with Gasteiger partial charge in [-0.15, -0.1) is 0 Å². The van der Waals surface area contributed by atoms with E-state index in [1.807, 2.05) is 45.9 Å². The number of hydrogen-bond donors (Lipinski definition) is 1. The van der Waals surface area contributed by atoms with Crippen LogP contribution in [0.2, 0.25) is 0 Å². The lowest BCUT2D eigenvalue weighted by Crippen LogP contribution is -2.31. The predicted molar refractivity (Wildman–Crippen MR) is 106 cm³/mol. The van der Waals surface area contributed by atoms with Crippen molar-refractivity contribution in [3.63, 3.8) is 0 Å². The van der Waals surface area contributed by atoms with Gasteiger partial charge in [0.05, 0.1) is 18.3 Å². The Hall–Kier alpha value is -2.35. The lowest BCUT2D eigenvalue weighted by atomic mass is 9.95. The van der Waals surface area contributed by atoms with Crippen molar-refractivity contribution in [1.29, 1.82) is 0 Å². The molecule has 27 heavy (non-hydrogen) atoms. The molecule has 1 aromatic carbocycles. The van der Waals surface area contributed by atoms with Crippen molar-refractivity contribution in [3.8, 4) is 5.75 Å². The summed E-state index contributed by atoms with van der Waals surface area (Å²) in [7, 11) is 0. The average molecular weight is 435 g/mol. The maximum Gasteiger partial charge on any atom is 0.338 e. The molecule has 0 bridgehead atoms. The molecule has 144 valence electrons. The summed E-state index contributed by atoms with van der Waals surface area (Å²) in [5, 5.41) is 7.48. The van der Waals surface area contributed by atoms with Crippen molar-refractivity contribution >= 4 is 27.8 Å². The van der Waals surface area contributed by atoms with Gasteiger partial charge in [0.25, 0.3) is 0 Å². The van der Waals surface area contributed by atoms with Crippen LogP contribution in [0.25, 0.3) is 0 Å². The summed E-state index contributed by atoms with van der Waals surface area (Å²) in [4.78, 5) is 17.2. The van der Waals surface area contributed by atoms with E-state index < -0.39 is 6.04 Å². The van der Waals surface area contributed by atoms with E-state index in [2.05, 4.69) is 31.3 Å². The van der Waals surface area contributed by atoms with Gasteiger partial charge in [0.15, 0.2) is 0 Å². The van der Waals surface area contributed by atoms with E-state index >= 15 is 0 Å². The molecule has 3 rings (SSSR count). The minimum absolute atomic E-state index is 0.228. The highest BCUT2D eigenvalue weighted by atomic mass is 79.9. The summed E-state index contributed by atoms with van der Waals surface area (Å²) in [6.07, 6.45) is 2.12. The number of anilines is 1. The molecule has 0 aliphatic carbocycles. The summed E-state index contributed by atoms with van der Waals surface area (Å²) < 4.78 is 14.0. The first-order chi connectivity index (χ1) is 12.9. The number of carbonyl (C=O) groups excluding carboxylic acids is 1. The molecule has 0 fully saturated rings. The molecule has 1 aliphatic heterocycles. The zero-order valence-corrected chi connectivity index (χ0v) is 17.4. The van der Waals surface area contributed by atoms with Gasteiger partial charge in [-0.25, -0.2) is 9.48 Å². The van der Waals surface area contributed by atoms with Crippen molar-refractivity contribution in [2.45, 2.75) is 46.3 Å². The number of allylic oxidation sites excluding steroid dienone is 1. The molecule has 0 saturated heterocycles. The quantitative estimate of drug-likeness (QED) is 0.690. The van der Waals surface area contributed by atoms with Crippen LogP contribution >= 0.6 is 15.9 Å². The van der Waals surface area contributed by atoms with E-state index in [0.29, 0.717) is 29.6 Å². The smallest absolute Gasteiger partial charge is 0.338 e. The molecule has 1 N–H and O–H groups in total. The predicted octanol–water partition coefficient (Wildman–Crippen LogP) is 4.07. The largest absolute Gasteiger partial charge is 0.493 e. The normalized spacial score (nSPS) is 16.1. The molecule has 2 aromatic rings. The second-order valence-electron chi connectivity index (χ2n) is 6.58. The topological polar surface area (TPSA) is 78.3 Å². The Kier molecular flexibility index (Phi) is 5.84. The minimum atomic E-state index is -0.501. The summed E-state index contributed by atoms with van der Waals surface area (Å²) >= 11 is 3.53. The Labute approximate surface area is 166 Å². The van der Waals surface area contributed by atoms with E-state index in [1.54, 1.807) is 4.68 Å². The molecule has 2 heterocycles. The van der Waals surface area contributed by atoms with Crippen LogP contribution in [0.5, 0.6) is 5.75 Å². The molecular weight excluding hydrogens is 412 g/mol. The van der Waals surface area contributed by atoms with Crippen LogP contribution in [0, 0.1) is 0 Å². The lowest BCUT2D eigenvalue weighted by Gasteiger charge is -2.29. The van der Waals surface area contributed by atoms with Gasteiger partial charge in [0.2, 0.25) is 5.95 Å². The van der Waals surface area contributed by atoms with Crippen LogP contribution in [0.4, 0.5) is 5.95 Å². The molecule has 1 aliphatic rings. The molecular formula is C19H23BrN4O3. The van der Waals surface area contributed by atoms with E-state index in [9.17, 15) is 4.79 Å². The van der Waals surface area contributed by atoms with Gasteiger partial charge in [0, 0.05) is 15.7 Å². The number of benzene rings is 1. The maximum atomic E-state index is 12.9. The minimum Gasteiger partial charge on any atom is -0.493 e. The number of nitrogens with one attached hydrogen (secondary N) is 1. The lowest BCUT2D eigenvalue weighted by molar-refractivity contribution is -0.143. The Bertz CT molecular complexity index is 876. The van der Waals surface area contributed by atoms with E-state index in [-0.39, 0.29) is 12.1 Å². The fraction of sp³-hybridized carbons (Fsp3) is 0.421. The van der Waals surface area contributed by atoms with Crippen LogP contribution in [-0.4, -0.2) is 33.4 Å². The van der Waals surface area contributed by atoms with Crippen LogP contribution in [0.3, 0.4) is 0 Å². The Morgan fingerprint density at radius 2 is 2.19 bits per heavy atom. The number of esters is 1. The number of rotatable bonds is 6. The van der Waals surface area contributed by atoms with Gasteiger partial charge >= 0.3 is 5.97 Å². The Morgan fingerprint density at radius 3 is 2.89 bits per heavy atom. The molecule has 1 aromatic heterocycles. The van der Waals surface area contributed by atoms with Crippen LogP contribution < -0.4 is 10.1 Å². The van der Waals surface area contributed by atoms with Crippen molar-refractivity contribution < 1.29 is 14.3 Å². The van der Waals surface area contributed by atoms with Gasteiger partial charge in [-0.05, 0) is 45.4 Å². The molecule has 8 heteroatoms. The van der Waals surface area contributed by atoms with Gasteiger partial charge in [-0.3, -0.25) is 0 Å². The number of fused-ring (bicyclic) bond motifs is 1. The van der Waals surface area contributed by atoms with Gasteiger partial charge in [-0.1, -0.05) is 22.9 Å². The van der Waals surface area contributed by atoms with Crippen molar-refractivity contribution in [2.75, 3.05) is 11.9 Å². The Morgan fingerprint density at radius 1 is 1.41 bits per heavy atom. The second-order valence-corrected chi connectivity index (χ2v) is 7.49. The number of hydrogen-bond acceptors (Lipinski definition) is 6. The molecule has 0 spiro atoms. The first kappa shape index (κ1) is 19.4. The highest BCUT2D eigenvalue weighted by Crippen LogP contribution is 2.40. The van der Waals surface area contributed by atoms with Crippen LogP contribution in [0.1, 0.15) is 45.7 Å². The van der Waals surface area contributed by atoms with E-state index in [1.165, 1.54) is 6.33 Å². The van der Waals surface area contributed by atoms with Gasteiger partial charge in [-0.2, -0.15) is 10.1 Å². The monoisotopic (exact) mass is 434 g/mol. The number of carbonyl (C=O) groups is 1. The number of aromatic nitrogens is 3. The summed E-state index contributed by atoms with van der Waals surface area (Å²) in [5.41, 5.74) is 2.00. The van der Waals surface area contributed by atoms with E-state index in [4.69, 9.17) is 9.47 Å². The van der Waals surface area contributed by atoms with Gasteiger partial charge < -0.3 is 14.8 Å². The highest BCUT2D eigenvalue weighted by Gasteiger charge is 2.36. The fourth-order valence-corrected chi connectivity index (χ4v) is 3.38. The number of halogens is 1. The molecule has 0 unspecified atom stereocenters. The highest BCUT2D eigenvalue weighted by molar-refractivity contribution is 9.10. The summed E-state index contributed by atoms with van der Waals surface area (Å²) in [5.74, 6) is 0.888. The molecule has 0 saturated carbocycles. The third-order valence-corrected chi connectivity index (χ3v) is 4.58. The molecule has 0 amide bonds. The van der Waals surface area contributed by atoms with Crippen molar-refractivity contribution in [2.24, 2.45) is 0 Å². The third kappa shape index (κ3) is 4.00. The summed E-state index contributed by atoms with van der Waals surface area (Å²) in [6, 6.07) is 5.26. The van der Waals surface area contributed by atoms with Crippen LogP contribution in [0.15, 0.2) is 40.3 Å². The first-order valence-corrected chi connectivity index (χ1v) is 9.72. The molecule has 1 atom stereocenters. The van der Waals surface area contributed by atoms with Gasteiger partial charge in [0.1, 0.15) is 18.1 Å². The molecule has 0 radical (unpaired) electrons. The number of nitrogens with zero attached hydrogens (tertiary/aromatic N) is 3.